The zero-order valence-electron chi connectivity index (χ0n) is 14.0. The van der Waals surface area contributed by atoms with E-state index in [0.717, 1.165) is 35.3 Å². The fraction of sp³-hybridized carbons (Fsp3) is 0.316. The largest absolute Gasteiger partial charge is 0.478 e. The molecule has 2 aromatic rings. The molecular weight excluding hydrogens is 336 g/mol. The minimum absolute atomic E-state index is 0.0449. The molecule has 1 amide bonds. The first-order valence-electron chi connectivity index (χ1n) is 8.10. The van der Waals surface area contributed by atoms with Crippen molar-refractivity contribution < 1.29 is 14.7 Å². The number of hydrogen-bond donors (Lipinski definition) is 2. The van der Waals surface area contributed by atoms with Crippen LogP contribution < -0.4 is 5.32 Å². The van der Waals surface area contributed by atoms with E-state index in [-0.39, 0.29) is 11.1 Å². The summed E-state index contributed by atoms with van der Waals surface area (Å²) in [7, 11) is 0. The second-order valence-electron chi connectivity index (χ2n) is 6.48. The van der Waals surface area contributed by atoms with Gasteiger partial charge in [-0.25, -0.2) is 4.79 Å². The Bertz CT molecular complexity index is 908. The molecule has 1 heterocycles. The summed E-state index contributed by atoms with van der Waals surface area (Å²) in [4.78, 5) is 25.2. The number of nitrogens with one attached hydrogen (secondary N) is 1. The van der Waals surface area contributed by atoms with Crippen LogP contribution in [0, 0.1) is 24.2 Å². The number of aromatic carboxylic acids is 1. The number of nitriles is 1. The van der Waals surface area contributed by atoms with E-state index < -0.39 is 11.9 Å². The van der Waals surface area contributed by atoms with Crippen molar-refractivity contribution in [2.75, 3.05) is 5.32 Å². The summed E-state index contributed by atoms with van der Waals surface area (Å²) >= 11 is 1.43. The molecule has 0 spiro atoms. The number of carbonyl (C=O) groups is 2. The van der Waals surface area contributed by atoms with Gasteiger partial charge in [-0.3, -0.25) is 4.79 Å². The first-order chi connectivity index (χ1) is 11.9. The SMILES string of the molecule is Cc1ccc(C(=O)O)c(C(=O)Nc2sc3c(c2C#N)CC[C@@H](C)C3)c1. The minimum Gasteiger partial charge on any atom is -0.478 e. The van der Waals surface area contributed by atoms with E-state index >= 15 is 0 Å². The van der Waals surface area contributed by atoms with E-state index in [1.54, 1.807) is 19.1 Å². The number of amides is 1. The molecule has 1 aliphatic carbocycles. The highest BCUT2D eigenvalue weighted by molar-refractivity contribution is 7.16. The van der Waals surface area contributed by atoms with Gasteiger partial charge >= 0.3 is 5.97 Å². The molecule has 1 atom stereocenters. The smallest absolute Gasteiger partial charge is 0.336 e. The third-order valence-electron chi connectivity index (χ3n) is 4.50. The molecule has 25 heavy (non-hydrogen) atoms. The van der Waals surface area contributed by atoms with Gasteiger partial charge in [0.2, 0.25) is 0 Å². The van der Waals surface area contributed by atoms with Crippen LogP contribution in [0.25, 0.3) is 0 Å². The number of aryl methyl sites for hydroxylation is 1. The number of rotatable bonds is 3. The number of benzene rings is 1. The van der Waals surface area contributed by atoms with E-state index in [9.17, 15) is 20.0 Å². The number of nitrogens with zero attached hydrogens (tertiary/aromatic N) is 1. The lowest BCUT2D eigenvalue weighted by atomic mass is 9.88. The quantitative estimate of drug-likeness (QED) is 0.871. The Morgan fingerprint density at radius 2 is 2.12 bits per heavy atom. The predicted molar refractivity (Wildman–Crippen MR) is 96.3 cm³/mol. The van der Waals surface area contributed by atoms with Crippen LogP contribution in [-0.2, 0) is 12.8 Å². The van der Waals surface area contributed by atoms with Gasteiger partial charge in [0.25, 0.3) is 5.91 Å². The van der Waals surface area contributed by atoms with Crippen LogP contribution >= 0.6 is 11.3 Å². The van der Waals surface area contributed by atoms with Gasteiger partial charge in [0, 0.05) is 4.88 Å². The van der Waals surface area contributed by atoms with Gasteiger partial charge in [0.05, 0.1) is 16.7 Å². The van der Waals surface area contributed by atoms with Crippen LogP contribution in [0.1, 0.15) is 55.6 Å². The molecule has 2 N–H and O–H groups in total. The molecule has 0 radical (unpaired) electrons. The molecule has 0 bridgehead atoms. The number of anilines is 1. The topological polar surface area (TPSA) is 90.2 Å². The summed E-state index contributed by atoms with van der Waals surface area (Å²) in [5.41, 5.74) is 2.41. The highest BCUT2D eigenvalue weighted by Crippen LogP contribution is 2.39. The molecular formula is C19H18N2O3S. The van der Waals surface area contributed by atoms with Crippen LogP contribution in [0.2, 0.25) is 0 Å². The van der Waals surface area contributed by atoms with Crippen molar-refractivity contribution in [2.24, 2.45) is 5.92 Å². The third kappa shape index (κ3) is 3.28. The molecule has 3 rings (SSSR count). The first kappa shape index (κ1) is 17.2. The Kier molecular flexibility index (Phi) is 4.60. The molecule has 0 saturated carbocycles. The summed E-state index contributed by atoms with van der Waals surface area (Å²) in [6.07, 6.45) is 2.79. The third-order valence-corrected chi connectivity index (χ3v) is 5.67. The molecule has 1 aromatic heterocycles. The fourth-order valence-corrected chi connectivity index (χ4v) is 4.52. The van der Waals surface area contributed by atoms with Crippen molar-refractivity contribution in [3.63, 3.8) is 0 Å². The number of carboxylic acids is 1. The van der Waals surface area contributed by atoms with E-state index in [0.29, 0.717) is 16.5 Å². The van der Waals surface area contributed by atoms with Crippen LogP contribution in [0.3, 0.4) is 0 Å². The fourth-order valence-electron chi connectivity index (χ4n) is 3.16. The predicted octanol–water partition coefficient (Wildman–Crippen LogP) is 4.00. The van der Waals surface area contributed by atoms with Crippen LogP contribution in [0.15, 0.2) is 18.2 Å². The first-order valence-corrected chi connectivity index (χ1v) is 8.92. The lowest BCUT2D eigenvalue weighted by molar-refractivity contribution is 0.0692. The van der Waals surface area contributed by atoms with Crippen LogP contribution in [0.4, 0.5) is 5.00 Å². The molecule has 1 aromatic carbocycles. The Morgan fingerprint density at radius 3 is 2.80 bits per heavy atom. The van der Waals surface area contributed by atoms with E-state index in [1.807, 2.05) is 0 Å². The summed E-state index contributed by atoms with van der Waals surface area (Å²) in [6.45, 7) is 3.98. The molecule has 0 unspecified atom stereocenters. The van der Waals surface area contributed by atoms with Gasteiger partial charge in [-0.15, -0.1) is 11.3 Å². The van der Waals surface area contributed by atoms with E-state index in [4.69, 9.17) is 0 Å². The Balaban J connectivity index is 1.96. The maximum Gasteiger partial charge on any atom is 0.336 e. The average molecular weight is 354 g/mol. The second kappa shape index (κ2) is 6.69. The molecule has 0 aliphatic heterocycles. The lowest BCUT2D eigenvalue weighted by Crippen LogP contribution is -2.16. The highest BCUT2D eigenvalue weighted by Gasteiger charge is 2.25. The maximum atomic E-state index is 12.7. The average Bonchev–Trinajstić information content (AvgIpc) is 2.90. The summed E-state index contributed by atoms with van der Waals surface area (Å²) < 4.78 is 0. The standard InChI is InChI=1S/C19H18N2O3S/c1-10-4-6-13(19(23)24)14(7-10)17(22)21-18-15(9-20)12-5-3-11(2)8-16(12)25-18/h4,6-7,11H,3,5,8H2,1-2H3,(H,21,22)(H,23,24)/t11-/m1/s1. The van der Waals surface area contributed by atoms with E-state index in [1.165, 1.54) is 17.4 Å². The molecule has 0 fully saturated rings. The number of carbonyl (C=O) groups excluding carboxylic acids is 1. The van der Waals surface area contributed by atoms with Crippen molar-refractivity contribution in [3.05, 3.63) is 50.9 Å². The number of fused-ring (bicyclic) bond motifs is 1. The van der Waals surface area contributed by atoms with Crippen molar-refractivity contribution in [2.45, 2.75) is 33.1 Å². The lowest BCUT2D eigenvalue weighted by Gasteiger charge is -2.17. The van der Waals surface area contributed by atoms with Gasteiger partial charge in [-0.1, -0.05) is 18.6 Å². The van der Waals surface area contributed by atoms with Crippen molar-refractivity contribution in [1.29, 1.82) is 5.26 Å². The van der Waals surface area contributed by atoms with E-state index in [2.05, 4.69) is 18.3 Å². The Labute approximate surface area is 149 Å². The van der Waals surface area contributed by atoms with Gasteiger partial charge < -0.3 is 10.4 Å². The van der Waals surface area contributed by atoms with Crippen LogP contribution in [0.5, 0.6) is 0 Å². The maximum absolute atomic E-state index is 12.7. The van der Waals surface area contributed by atoms with Gasteiger partial charge in [-0.2, -0.15) is 5.26 Å². The van der Waals surface area contributed by atoms with Crippen molar-refractivity contribution >= 4 is 28.2 Å². The zero-order chi connectivity index (χ0) is 18.1. The van der Waals surface area contributed by atoms with Crippen molar-refractivity contribution in [3.8, 4) is 6.07 Å². The van der Waals surface area contributed by atoms with Crippen LogP contribution in [-0.4, -0.2) is 17.0 Å². The van der Waals surface area contributed by atoms with Crippen molar-refractivity contribution in [1.82, 2.24) is 0 Å². The zero-order valence-corrected chi connectivity index (χ0v) is 14.9. The van der Waals surface area contributed by atoms with Gasteiger partial charge in [0.15, 0.2) is 0 Å². The second-order valence-corrected chi connectivity index (χ2v) is 7.58. The molecule has 5 nitrogen and oxygen atoms in total. The monoisotopic (exact) mass is 354 g/mol. The number of carboxylic acid groups (broad SMARTS) is 1. The number of hydrogen-bond acceptors (Lipinski definition) is 4. The number of thiophene rings is 1. The molecule has 1 aliphatic rings. The van der Waals surface area contributed by atoms with Gasteiger partial charge in [-0.05, 0) is 49.8 Å². The highest BCUT2D eigenvalue weighted by atomic mass is 32.1. The molecule has 128 valence electrons. The molecule has 0 saturated heterocycles. The normalized spacial score (nSPS) is 16.0. The summed E-state index contributed by atoms with van der Waals surface area (Å²) in [6, 6.07) is 6.85. The van der Waals surface area contributed by atoms with Gasteiger partial charge in [0.1, 0.15) is 11.1 Å². The molecule has 6 heteroatoms. The summed E-state index contributed by atoms with van der Waals surface area (Å²) in [5, 5.41) is 22.1. The Morgan fingerprint density at radius 1 is 1.36 bits per heavy atom. The Hall–Kier alpha value is -2.65. The summed E-state index contributed by atoms with van der Waals surface area (Å²) in [5.74, 6) is -1.08. The minimum atomic E-state index is -1.15.